The summed E-state index contributed by atoms with van der Waals surface area (Å²) in [6.07, 6.45) is 3.79. The number of rotatable bonds is 5. The summed E-state index contributed by atoms with van der Waals surface area (Å²) in [4.78, 5) is 4.42. The molecule has 0 aliphatic carbocycles. The molecule has 1 atom stereocenters. The van der Waals surface area contributed by atoms with Crippen LogP contribution >= 0.6 is 0 Å². The SMILES string of the molecule is COCC(C)n1ccnc1Nc1c(C)cc(C)cc1C. The average molecular weight is 273 g/mol. The van der Waals surface area contributed by atoms with Crippen molar-refractivity contribution in [1.29, 1.82) is 0 Å². The van der Waals surface area contributed by atoms with Crippen molar-refractivity contribution in [2.75, 3.05) is 19.0 Å². The minimum atomic E-state index is 0.246. The van der Waals surface area contributed by atoms with Crippen molar-refractivity contribution >= 4 is 11.6 Å². The van der Waals surface area contributed by atoms with Crippen LogP contribution in [0, 0.1) is 20.8 Å². The van der Waals surface area contributed by atoms with Crippen LogP contribution < -0.4 is 5.32 Å². The number of hydrogen-bond acceptors (Lipinski definition) is 3. The zero-order valence-electron chi connectivity index (χ0n) is 12.9. The molecule has 4 heteroatoms. The van der Waals surface area contributed by atoms with E-state index in [4.69, 9.17) is 4.74 Å². The first-order valence-corrected chi connectivity index (χ1v) is 6.89. The molecule has 0 saturated heterocycles. The number of nitrogens with one attached hydrogen (secondary N) is 1. The first-order chi connectivity index (χ1) is 9.52. The van der Waals surface area contributed by atoms with E-state index in [1.54, 1.807) is 7.11 Å². The lowest BCUT2D eigenvalue weighted by Gasteiger charge is -2.18. The fourth-order valence-corrected chi connectivity index (χ4v) is 2.58. The number of ether oxygens (including phenoxy) is 1. The molecule has 0 saturated carbocycles. The maximum Gasteiger partial charge on any atom is 0.207 e. The predicted octanol–water partition coefficient (Wildman–Crippen LogP) is 3.76. The van der Waals surface area contributed by atoms with Crippen LogP contribution in [-0.4, -0.2) is 23.3 Å². The van der Waals surface area contributed by atoms with E-state index >= 15 is 0 Å². The molecule has 108 valence electrons. The number of anilines is 2. The highest BCUT2D eigenvalue weighted by Gasteiger charge is 2.12. The van der Waals surface area contributed by atoms with Crippen LogP contribution in [0.3, 0.4) is 0 Å². The maximum atomic E-state index is 5.22. The van der Waals surface area contributed by atoms with Gasteiger partial charge in [0.25, 0.3) is 0 Å². The van der Waals surface area contributed by atoms with E-state index in [-0.39, 0.29) is 6.04 Å². The molecule has 0 bridgehead atoms. The van der Waals surface area contributed by atoms with E-state index < -0.39 is 0 Å². The number of hydrogen-bond donors (Lipinski definition) is 1. The third kappa shape index (κ3) is 3.02. The van der Waals surface area contributed by atoms with Crippen LogP contribution in [0.25, 0.3) is 0 Å². The largest absolute Gasteiger partial charge is 0.383 e. The lowest BCUT2D eigenvalue weighted by molar-refractivity contribution is 0.163. The van der Waals surface area contributed by atoms with Crippen molar-refractivity contribution in [2.24, 2.45) is 0 Å². The second-order valence-electron chi connectivity index (χ2n) is 5.36. The van der Waals surface area contributed by atoms with Gasteiger partial charge in [0.2, 0.25) is 5.95 Å². The van der Waals surface area contributed by atoms with Gasteiger partial charge >= 0.3 is 0 Å². The summed E-state index contributed by atoms with van der Waals surface area (Å²) < 4.78 is 7.32. The van der Waals surface area contributed by atoms with Crippen LogP contribution in [0.2, 0.25) is 0 Å². The molecule has 0 amide bonds. The van der Waals surface area contributed by atoms with Gasteiger partial charge in [-0.3, -0.25) is 0 Å². The standard InChI is InChI=1S/C16H23N3O/c1-11-8-12(2)15(13(3)9-11)18-16-17-6-7-19(16)14(4)10-20-5/h6-9,14H,10H2,1-5H3,(H,17,18). The Morgan fingerprint density at radius 1 is 1.25 bits per heavy atom. The van der Waals surface area contributed by atoms with Crippen molar-refractivity contribution in [3.63, 3.8) is 0 Å². The monoisotopic (exact) mass is 273 g/mol. The van der Waals surface area contributed by atoms with Gasteiger partial charge in [-0.1, -0.05) is 17.7 Å². The molecule has 2 rings (SSSR count). The summed E-state index contributed by atoms with van der Waals surface area (Å²) in [5, 5.41) is 3.45. The number of imidazole rings is 1. The molecular formula is C16H23N3O. The van der Waals surface area contributed by atoms with Crippen LogP contribution in [0.15, 0.2) is 24.5 Å². The molecule has 2 aromatic rings. The molecule has 4 nitrogen and oxygen atoms in total. The van der Waals surface area contributed by atoms with Gasteiger partial charge in [-0.15, -0.1) is 0 Å². The minimum Gasteiger partial charge on any atom is -0.383 e. The number of methoxy groups -OCH3 is 1. The van der Waals surface area contributed by atoms with E-state index in [1.807, 2.05) is 12.4 Å². The van der Waals surface area contributed by atoms with E-state index in [0.29, 0.717) is 6.61 Å². The van der Waals surface area contributed by atoms with Crippen molar-refractivity contribution in [2.45, 2.75) is 33.7 Å². The van der Waals surface area contributed by atoms with Crippen LogP contribution in [0.1, 0.15) is 29.7 Å². The van der Waals surface area contributed by atoms with Gasteiger partial charge in [0.1, 0.15) is 0 Å². The molecule has 0 spiro atoms. The number of nitrogens with zero attached hydrogens (tertiary/aromatic N) is 2. The number of benzene rings is 1. The Kier molecular flexibility index (Phi) is 4.45. The molecule has 1 aromatic heterocycles. The lowest BCUT2D eigenvalue weighted by Crippen LogP contribution is -2.13. The van der Waals surface area contributed by atoms with E-state index in [1.165, 1.54) is 16.7 Å². The summed E-state index contributed by atoms with van der Waals surface area (Å²) in [6.45, 7) is 9.13. The zero-order chi connectivity index (χ0) is 14.7. The second kappa shape index (κ2) is 6.09. The molecule has 0 radical (unpaired) electrons. The van der Waals surface area contributed by atoms with Crippen molar-refractivity contribution in [3.8, 4) is 0 Å². The molecule has 1 heterocycles. The zero-order valence-corrected chi connectivity index (χ0v) is 12.9. The maximum absolute atomic E-state index is 5.22. The Morgan fingerprint density at radius 2 is 1.90 bits per heavy atom. The molecule has 0 aliphatic rings. The summed E-state index contributed by atoms with van der Waals surface area (Å²) in [5.74, 6) is 0.851. The summed E-state index contributed by atoms with van der Waals surface area (Å²) >= 11 is 0. The molecule has 1 N–H and O–H groups in total. The van der Waals surface area contributed by atoms with E-state index in [2.05, 4.69) is 54.7 Å². The molecule has 20 heavy (non-hydrogen) atoms. The summed E-state index contributed by atoms with van der Waals surface area (Å²) in [5.41, 5.74) is 4.88. The molecule has 0 aliphatic heterocycles. The number of aromatic nitrogens is 2. The Labute approximate surface area is 120 Å². The highest BCUT2D eigenvalue weighted by atomic mass is 16.5. The van der Waals surface area contributed by atoms with Crippen molar-refractivity contribution < 1.29 is 4.74 Å². The minimum absolute atomic E-state index is 0.246. The summed E-state index contributed by atoms with van der Waals surface area (Å²) in [6, 6.07) is 4.61. The van der Waals surface area contributed by atoms with Gasteiger partial charge in [-0.25, -0.2) is 4.98 Å². The third-order valence-electron chi connectivity index (χ3n) is 3.47. The first-order valence-electron chi connectivity index (χ1n) is 6.89. The molecule has 0 fully saturated rings. The molecular weight excluding hydrogens is 250 g/mol. The van der Waals surface area contributed by atoms with Gasteiger partial charge in [0.05, 0.1) is 12.6 Å². The summed E-state index contributed by atoms with van der Waals surface area (Å²) in [7, 11) is 1.72. The Bertz CT molecular complexity index is 566. The fourth-order valence-electron chi connectivity index (χ4n) is 2.58. The Morgan fingerprint density at radius 3 is 2.50 bits per heavy atom. The molecule has 1 unspecified atom stereocenters. The van der Waals surface area contributed by atoms with Gasteiger partial charge in [-0.05, 0) is 38.8 Å². The Hall–Kier alpha value is -1.81. The second-order valence-corrected chi connectivity index (χ2v) is 5.36. The van der Waals surface area contributed by atoms with Gasteiger partial charge < -0.3 is 14.6 Å². The van der Waals surface area contributed by atoms with Crippen molar-refractivity contribution in [3.05, 3.63) is 41.2 Å². The highest BCUT2D eigenvalue weighted by Crippen LogP contribution is 2.26. The van der Waals surface area contributed by atoms with Gasteiger partial charge in [0, 0.05) is 25.2 Å². The van der Waals surface area contributed by atoms with E-state index in [9.17, 15) is 0 Å². The molecule has 1 aromatic carbocycles. The van der Waals surface area contributed by atoms with Crippen molar-refractivity contribution in [1.82, 2.24) is 9.55 Å². The average Bonchev–Trinajstić information content (AvgIpc) is 2.82. The predicted molar refractivity (Wildman–Crippen MR) is 82.7 cm³/mol. The van der Waals surface area contributed by atoms with Gasteiger partial charge in [0.15, 0.2) is 0 Å². The fraction of sp³-hybridized carbons (Fsp3) is 0.438. The highest BCUT2D eigenvalue weighted by molar-refractivity contribution is 5.64. The third-order valence-corrected chi connectivity index (χ3v) is 3.47. The van der Waals surface area contributed by atoms with Crippen LogP contribution in [-0.2, 0) is 4.74 Å². The van der Waals surface area contributed by atoms with Crippen LogP contribution in [0.5, 0.6) is 0 Å². The smallest absolute Gasteiger partial charge is 0.207 e. The number of aryl methyl sites for hydroxylation is 3. The topological polar surface area (TPSA) is 39.1 Å². The normalized spacial score (nSPS) is 12.4. The first kappa shape index (κ1) is 14.6. The lowest BCUT2D eigenvalue weighted by atomic mass is 10.1. The van der Waals surface area contributed by atoms with Crippen LogP contribution in [0.4, 0.5) is 11.6 Å². The quantitative estimate of drug-likeness (QED) is 0.901. The Balaban J connectivity index is 2.30. The van der Waals surface area contributed by atoms with Gasteiger partial charge in [-0.2, -0.15) is 0 Å². The van der Waals surface area contributed by atoms with E-state index in [0.717, 1.165) is 11.6 Å².